The van der Waals surface area contributed by atoms with Crippen molar-refractivity contribution >= 4 is 15.9 Å². The van der Waals surface area contributed by atoms with Gasteiger partial charge in [-0.15, -0.1) is 0 Å². The van der Waals surface area contributed by atoms with Gasteiger partial charge in [-0.3, -0.25) is 0 Å². The summed E-state index contributed by atoms with van der Waals surface area (Å²) in [6, 6.07) is 0. The topological polar surface area (TPSA) is 0 Å². The van der Waals surface area contributed by atoms with Crippen molar-refractivity contribution < 1.29 is 21.5 Å². The highest BCUT2D eigenvalue weighted by atomic mass is 79.9. The molecule has 0 rings (SSSR count). The third-order valence-corrected chi connectivity index (χ3v) is 3.05. The molecule has 0 aliphatic heterocycles. The van der Waals surface area contributed by atoms with Crippen LogP contribution in [0.2, 0.25) is 0 Å². The van der Waals surface area contributed by atoms with Crippen LogP contribution in [0.1, 0.15) is 13.3 Å². The summed E-state index contributed by atoms with van der Waals surface area (Å²) in [5, 5.41) is 0. The number of quaternary nitrogens is 1. The van der Waals surface area contributed by atoms with E-state index in [4.69, 9.17) is 0 Å². The predicted molar refractivity (Wildman–Crippen MR) is 41.0 cm³/mol. The summed E-state index contributed by atoms with van der Waals surface area (Å²) in [6.45, 7) is 2.18. The summed E-state index contributed by atoms with van der Waals surface area (Å²) < 4.78 is 0.997. The van der Waals surface area contributed by atoms with Crippen molar-refractivity contribution in [3.63, 3.8) is 0 Å². The van der Waals surface area contributed by atoms with Gasteiger partial charge >= 0.3 is 0 Å². The van der Waals surface area contributed by atoms with Crippen LogP contribution in [-0.2, 0) is 0 Å². The molecule has 0 aromatic carbocycles. The molecule has 0 saturated heterocycles. The van der Waals surface area contributed by atoms with E-state index in [1.165, 1.54) is 6.42 Å². The van der Waals surface area contributed by atoms with E-state index in [0.717, 1.165) is 4.48 Å². The van der Waals surface area contributed by atoms with Crippen molar-refractivity contribution in [2.75, 3.05) is 21.1 Å². The van der Waals surface area contributed by atoms with E-state index in [1.807, 2.05) is 0 Å². The summed E-state index contributed by atoms with van der Waals surface area (Å²) >= 11 is 3.57. The highest BCUT2D eigenvalue weighted by Gasteiger charge is 2.16. The monoisotopic (exact) mass is 259 g/mol. The molecule has 0 aliphatic rings. The zero-order chi connectivity index (χ0) is 6.78. The van der Waals surface area contributed by atoms with Crippen molar-refractivity contribution in [1.29, 1.82) is 0 Å². The van der Waals surface area contributed by atoms with E-state index in [2.05, 4.69) is 44.0 Å². The Hall–Kier alpha value is 0.920. The molecular formula is C6H15Br2N. The third-order valence-electron chi connectivity index (χ3n) is 1.18. The standard InChI is InChI=1S/C6H15BrN.BrH/c1-5-6(7)8(2,3)4;/h6H,5H2,1-4H3;1H/q+1;/p-1. The lowest BCUT2D eigenvalue weighted by Gasteiger charge is -2.28. The normalized spacial score (nSPS) is 14.3. The number of halogens is 2. The lowest BCUT2D eigenvalue weighted by atomic mass is 10.4. The number of rotatable bonds is 2. The highest BCUT2D eigenvalue weighted by Crippen LogP contribution is 2.12. The zero-order valence-corrected chi connectivity index (χ0v) is 9.66. The number of alkyl halides is 1. The molecule has 1 unspecified atom stereocenters. The van der Waals surface area contributed by atoms with Gasteiger partial charge in [-0.05, 0) is 15.9 Å². The fourth-order valence-corrected chi connectivity index (χ4v) is 0.548. The van der Waals surface area contributed by atoms with Gasteiger partial charge in [0.1, 0.15) is 4.95 Å². The van der Waals surface area contributed by atoms with Crippen molar-refractivity contribution in [2.24, 2.45) is 0 Å². The second kappa shape index (κ2) is 4.69. The number of hydrogen-bond donors (Lipinski definition) is 0. The Kier molecular flexibility index (Phi) is 6.56. The lowest BCUT2D eigenvalue weighted by Crippen LogP contribution is -3.00. The van der Waals surface area contributed by atoms with E-state index >= 15 is 0 Å². The Morgan fingerprint density at radius 3 is 1.67 bits per heavy atom. The van der Waals surface area contributed by atoms with Crippen LogP contribution in [-0.4, -0.2) is 30.6 Å². The molecule has 1 atom stereocenters. The second-order valence-electron chi connectivity index (χ2n) is 2.96. The third kappa shape index (κ3) is 5.37. The molecule has 1 nitrogen and oxygen atoms in total. The summed E-state index contributed by atoms with van der Waals surface area (Å²) in [6.07, 6.45) is 1.18. The largest absolute Gasteiger partial charge is 1.00 e. The Morgan fingerprint density at radius 1 is 1.33 bits per heavy atom. The molecule has 3 heteroatoms. The minimum atomic E-state index is 0. The smallest absolute Gasteiger partial charge is 0.143 e. The van der Waals surface area contributed by atoms with Gasteiger partial charge in [-0.1, -0.05) is 6.92 Å². The molecule has 0 N–H and O–H groups in total. The molecule has 0 saturated carbocycles. The maximum Gasteiger partial charge on any atom is 0.143 e. The maximum atomic E-state index is 3.57. The van der Waals surface area contributed by atoms with Gasteiger partial charge < -0.3 is 21.5 Å². The van der Waals surface area contributed by atoms with E-state index < -0.39 is 0 Å². The first kappa shape index (κ1) is 12.6. The molecule has 0 aliphatic carbocycles. The molecule has 0 amide bonds. The van der Waals surface area contributed by atoms with E-state index in [9.17, 15) is 0 Å². The molecule has 0 fully saturated rings. The molecule has 58 valence electrons. The van der Waals surface area contributed by atoms with Gasteiger partial charge in [0.15, 0.2) is 0 Å². The molecule has 0 bridgehead atoms. The molecule has 0 radical (unpaired) electrons. The average molecular weight is 261 g/mol. The average Bonchev–Trinajstić information content (AvgIpc) is 1.62. The fraction of sp³-hybridized carbons (Fsp3) is 1.00. The van der Waals surface area contributed by atoms with Crippen LogP contribution in [0.3, 0.4) is 0 Å². The number of hydrogen-bond acceptors (Lipinski definition) is 0. The predicted octanol–water partition coefficient (Wildman–Crippen LogP) is -1.17. The van der Waals surface area contributed by atoms with E-state index in [1.54, 1.807) is 0 Å². The molecule has 0 aromatic heterocycles. The Labute approximate surface area is 76.9 Å². The zero-order valence-electron chi connectivity index (χ0n) is 6.49. The van der Waals surface area contributed by atoms with Crippen LogP contribution in [0.4, 0.5) is 0 Å². The minimum absolute atomic E-state index is 0. The molecule has 0 aromatic rings. The molecule has 0 spiro atoms. The summed E-state index contributed by atoms with van der Waals surface area (Å²) in [5.41, 5.74) is 0. The summed E-state index contributed by atoms with van der Waals surface area (Å²) in [4.78, 5) is 0.600. The van der Waals surface area contributed by atoms with Crippen molar-refractivity contribution in [2.45, 2.75) is 18.3 Å². The van der Waals surface area contributed by atoms with Crippen LogP contribution < -0.4 is 17.0 Å². The summed E-state index contributed by atoms with van der Waals surface area (Å²) in [5.74, 6) is 0. The van der Waals surface area contributed by atoms with Crippen LogP contribution in [0, 0.1) is 0 Å². The van der Waals surface area contributed by atoms with Crippen molar-refractivity contribution in [1.82, 2.24) is 0 Å². The van der Waals surface area contributed by atoms with Crippen molar-refractivity contribution in [3.05, 3.63) is 0 Å². The van der Waals surface area contributed by atoms with Crippen LogP contribution >= 0.6 is 15.9 Å². The SMILES string of the molecule is CCC(Br)[N+](C)(C)C.[Br-]. The Morgan fingerprint density at radius 2 is 1.67 bits per heavy atom. The second-order valence-corrected chi connectivity index (χ2v) is 4.02. The lowest BCUT2D eigenvalue weighted by molar-refractivity contribution is -0.879. The van der Waals surface area contributed by atoms with Gasteiger partial charge in [0, 0.05) is 6.42 Å². The Bertz CT molecular complexity index is 67.9. The van der Waals surface area contributed by atoms with Crippen molar-refractivity contribution in [3.8, 4) is 0 Å². The minimum Gasteiger partial charge on any atom is -1.00 e. The molecule has 0 heterocycles. The highest BCUT2D eigenvalue weighted by molar-refractivity contribution is 9.09. The van der Waals surface area contributed by atoms with Crippen LogP contribution in [0.5, 0.6) is 0 Å². The first-order chi connectivity index (χ1) is 3.48. The maximum absolute atomic E-state index is 3.57. The van der Waals surface area contributed by atoms with Crippen LogP contribution in [0.25, 0.3) is 0 Å². The first-order valence-corrected chi connectivity index (χ1v) is 3.85. The molecule has 9 heavy (non-hydrogen) atoms. The number of nitrogens with zero attached hydrogens (tertiary/aromatic N) is 1. The quantitative estimate of drug-likeness (QED) is 0.334. The van der Waals surface area contributed by atoms with Gasteiger partial charge in [0.25, 0.3) is 0 Å². The fourth-order valence-electron chi connectivity index (χ4n) is 0.548. The molecular weight excluding hydrogens is 246 g/mol. The summed E-state index contributed by atoms with van der Waals surface area (Å²) in [7, 11) is 6.55. The van der Waals surface area contributed by atoms with E-state index in [0.29, 0.717) is 4.95 Å². The first-order valence-electron chi connectivity index (χ1n) is 2.93. The van der Waals surface area contributed by atoms with Gasteiger partial charge in [-0.2, -0.15) is 0 Å². The van der Waals surface area contributed by atoms with E-state index in [-0.39, 0.29) is 17.0 Å². The van der Waals surface area contributed by atoms with Gasteiger partial charge in [-0.25, -0.2) is 0 Å². The Balaban J connectivity index is 0. The van der Waals surface area contributed by atoms with Gasteiger partial charge in [0.05, 0.1) is 21.1 Å². The van der Waals surface area contributed by atoms with Gasteiger partial charge in [0.2, 0.25) is 0 Å². The van der Waals surface area contributed by atoms with Crippen LogP contribution in [0.15, 0.2) is 0 Å².